The Bertz CT molecular complexity index is 1420. The number of nitrogens with one attached hydrogen (secondary N) is 1. The number of aromatic nitrogens is 2. The van der Waals surface area contributed by atoms with Gasteiger partial charge in [-0.2, -0.15) is 10.2 Å². The SMILES string of the molecule is CC12CCC(C/C1=N\N=C1/NC(=O)/C(=C/c3cn(-c4ccccc4)nc3-c3ccccc3)S1)C2(C)C. The van der Waals surface area contributed by atoms with Crippen molar-refractivity contribution in [3.63, 3.8) is 0 Å². The molecule has 3 fully saturated rings. The minimum Gasteiger partial charge on any atom is -0.299 e. The maximum Gasteiger partial charge on any atom is 0.264 e. The molecule has 2 heterocycles. The predicted molar refractivity (Wildman–Crippen MR) is 147 cm³/mol. The van der Waals surface area contributed by atoms with E-state index in [1.54, 1.807) is 0 Å². The van der Waals surface area contributed by atoms with Crippen molar-refractivity contribution < 1.29 is 4.79 Å². The number of nitrogens with zero attached hydrogens (tertiary/aromatic N) is 4. The number of benzene rings is 2. The first kappa shape index (κ1) is 23.0. The second-order valence-electron chi connectivity index (χ2n) is 10.6. The molecule has 36 heavy (non-hydrogen) atoms. The van der Waals surface area contributed by atoms with Gasteiger partial charge in [0.1, 0.15) is 0 Å². The Hall–Kier alpha value is -3.45. The Morgan fingerprint density at radius 2 is 1.78 bits per heavy atom. The Labute approximate surface area is 215 Å². The summed E-state index contributed by atoms with van der Waals surface area (Å²) in [6.45, 7) is 7.03. The summed E-state index contributed by atoms with van der Waals surface area (Å²) in [7, 11) is 0. The molecule has 3 aliphatic rings. The molecule has 1 saturated heterocycles. The molecule has 1 N–H and O–H groups in total. The molecule has 2 unspecified atom stereocenters. The summed E-state index contributed by atoms with van der Waals surface area (Å²) in [5.74, 6) is 0.505. The third-order valence-corrected chi connectivity index (χ3v) is 9.42. The first-order chi connectivity index (χ1) is 17.3. The van der Waals surface area contributed by atoms with E-state index in [0.717, 1.165) is 35.3 Å². The lowest BCUT2D eigenvalue weighted by Gasteiger charge is -2.34. The van der Waals surface area contributed by atoms with E-state index in [1.807, 2.05) is 77.6 Å². The molecule has 2 atom stereocenters. The van der Waals surface area contributed by atoms with Gasteiger partial charge in [-0.1, -0.05) is 69.3 Å². The molecule has 2 bridgehead atoms. The molecule has 2 aromatic carbocycles. The van der Waals surface area contributed by atoms with Crippen molar-refractivity contribution in [1.82, 2.24) is 15.1 Å². The van der Waals surface area contributed by atoms with Crippen LogP contribution in [0.2, 0.25) is 0 Å². The summed E-state index contributed by atoms with van der Waals surface area (Å²) in [5.41, 5.74) is 5.15. The lowest BCUT2D eigenvalue weighted by Crippen LogP contribution is -2.32. The Balaban J connectivity index is 1.31. The third-order valence-electron chi connectivity index (χ3n) is 8.52. The highest BCUT2D eigenvalue weighted by molar-refractivity contribution is 8.18. The Morgan fingerprint density at radius 1 is 1.06 bits per heavy atom. The fourth-order valence-corrected chi connectivity index (χ4v) is 6.59. The van der Waals surface area contributed by atoms with Crippen LogP contribution in [0.5, 0.6) is 0 Å². The van der Waals surface area contributed by atoms with Gasteiger partial charge in [-0.25, -0.2) is 4.68 Å². The summed E-state index contributed by atoms with van der Waals surface area (Å²) in [5, 5.41) is 17.4. The molecule has 2 saturated carbocycles. The van der Waals surface area contributed by atoms with Crippen LogP contribution in [0.25, 0.3) is 23.0 Å². The van der Waals surface area contributed by atoms with Crippen LogP contribution in [-0.2, 0) is 4.79 Å². The van der Waals surface area contributed by atoms with Crippen LogP contribution in [0.15, 0.2) is 82.0 Å². The quantitative estimate of drug-likeness (QED) is 0.341. The lowest BCUT2D eigenvalue weighted by molar-refractivity contribution is -0.115. The largest absolute Gasteiger partial charge is 0.299 e. The van der Waals surface area contributed by atoms with Gasteiger partial charge in [-0.05, 0) is 60.6 Å². The van der Waals surface area contributed by atoms with Gasteiger partial charge in [0.05, 0.1) is 16.3 Å². The molecule has 1 amide bonds. The number of carbonyl (C=O) groups excluding carboxylic acids is 1. The molecule has 1 aliphatic heterocycles. The maximum atomic E-state index is 12.8. The molecule has 182 valence electrons. The van der Waals surface area contributed by atoms with E-state index >= 15 is 0 Å². The first-order valence-electron chi connectivity index (χ1n) is 12.4. The molecule has 7 heteroatoms. The summed E-state index contributed by atoms with van der Waals surface area (Å²) >= 11 is 1.33. The van der Waals surface area contributed by atoms with Crippen LogP contribution >= 0.6 is 11.8 Å². The molecule has 0 spiro atoms. The van der Waals surface area contributed by atoms with Crippen LogP contribution in [-0.4, -0.2) is 26.6 Å². The molecule has 3 aromatic rings. The van der Waals surface area contributed by atoms with E-state index < -0.39 is 0 Å². The van der Waals surface area contributed by atoms with E-state index in [0.29, 0.717) is 16.0 Å². The zero-order valence-electron chi connectivity index (χ0n) is 20.7. The highest BCUT2D eigenvalue weighted by Gasteiger charge is 2.60. The van der Waals surface area contributed by atoms with Gasteiger partial charge in [0, 0.05) is 28.5 Å². The van der Waals surface area contributed by atoms with Crippen LogP contribution in [0.1, 0.15) is 45.6 Å². The number of hydrogen-bond donors (Lipinski definition) is 1. The van der Waals surface area contributed by atoms with E-state index in [1.165, 1.54) is 23.9 Å². The molecule has 2 aliphatic carbocycles. The minimum atomic E-state index is -0.162. The summed E-state index contributed by atoms with van der Waals surface area (Å²) in [4.78, 5) is 13.4. The van der Waals surface area contributed by atoms with Gasteiger partial charge in [0.25, 0.3) is 5.91 Å². The fraction of sp³-hybridized carbons (Fsp3) is 0.310. The number of para-hydroxylation sites is 1. The van der Waals surface area contributed by atoms with Gasteiger partial charge in [-0.3, -0.25) is 10.1 Å². The third kappa shape index (κ3) is 3.73. The van der Waals surface area contributed by atoms with Crippen molar-refractivity contribution in [2.45, 2.75) is 40.0 Å². The Morgan fingerprint density at radius 3 is 2.44 bits per heavy atom. The molecule has 0 radical (unpaired) electrons. The summed E-state index contributed by atoms with van der Waals surface area (Å²) in [6, 6.07) is 20.0. The highest BCUT2D eigenvalue weighted by Crippen LogP contribution is 2.64. The maximum absolute atomic E-state index is 12.8. The van der Waals surface area contributed by atoms with Crippen molar-refractivity contribution in [2.75, 3.05) is 0 Å². The zero-order chi connectivity index (χ0) is 24.9. The van der Waals surface area contributed by atoms with E-state index in [-0.39, 0.29) is 16.7 Å². The standard InChI is InChI=1S/C29H29N5OS/c1-28(2)21-14-15-29(28,3)24(17-21)31-32-27-30-26(35)23(36-27)16-20-18-34(22-12-8-5-9-13-22)33-25(20)19-10-6-4-7-11-19/h4-13,16,18,21H,14-15,17H2,1-3H3,(H,30,32,35)/b23-16-,31-24+. The number of thioether (sulfide) groups is 1. The average Bonchev–Trinajstić information content (AvgIpc) is 3.57. The molecular weight excluding hydrogens is 466 g/mol. The number of carbonyl (C=O) groups is 1. The zero-order valence-corrected chi connectivity index (χ0v) is 21.5. The van der Waals surface area contributed by atoms with Crippen LogP contribution in [0.4, 0.5) is 0 Å². The molecule has 6 rings (SSSR count). The number of amidine groups is 1. The van der Waals surface area contributed by atoms with E-state index in [9.17, 15) is 4.79 Å². The lowest BCUT2D eigenvalue weighted by atomic mass is 9.70. The van der Waals surface area contributed by atoms with Crippen molar-refractivity contribution in [2.24, 2.45) is 27.0 Å². The smallest absolute Gasteiger partial charge is 0.264 e. The van der Waals surface area contributed by atoms with Crippen molar-refractivity contribution in [3.05, 3.63) is 77.3 Å². The van der Waals surface area contributed by atoms with E-state index in [2.05, 4.69) is 36.3 Å². The second-order valence-corrected chi connectivity index (χ2v) is 11.6. The Kier molecular flexibility index (Phi) is 5.48. The monoisotopic (exact) mass is 495 g/mol. The number of rotatable bonds is 4. The van der Waals surface area contributed by atoms with Crippen LogP contribution in [0.3, 0.4) is 0 Å². The first-order valence-corrected chi connectivity index (χ1v) is 13.2. The molecular formula is C29H29N5OS. The number of amides is 1. The summed E-state index contributed by atoms with van der Waals surface area (Å²) in [6.07, 6.45) is 7.28. The second kappa shape index (κ2) is 8.59. The van der Waals surface area contributed by atoms with E-state index in [4.69, 9.17) is 5.10 Å². The fourth-order valence-electron chi connectivity index (χ4n) is 5.83. The summed E-state index contributed by atoms with van der Waals surface area (Å²) < 4.78 is 1.85. The minimum absolute atomic E-state index is 0.0876. The van der Waals surface area contributed by atoms with Gasteiger partial charge < -0.3 is 0 Å². The van der Waals surface area contributed by atoms with Crippen molar-refractivity contribution in [1.29, 1.82) is 0 Å². The van der Waals surface area contributed by atoms with Gasteiger partial charge in [0.2, 0.25) is 0 Å². The molecule has 6 nitrogen and oxygen atoms in total. The topological polar surface area (TPSA) is 71.6 Å². The number of fused-ring (bicyclic) bond motifs is 2. The van der Waals surface area contributed by atoms with Crippen LogP contribution < -0.4 is 5.32 Å². The molecule has 1 aromatic heterocycles. The van der Waals surface area contributed by atoms with Crippen molar-refractivity contribution >= 4 is 34.6 Å². The van der Waals surface area contributed by atoms with Gasteiger partial charge >= 0.3 is 0 Å². The highest BCUT2D eigenvalue weighted by atomic mass is 32.2. The van der Waals surface area contributed by atoms with Crippen molar-refractivity contribution in [3.8, 4) is 16.9 Å². The normalized spacial score (nSPS) is 27.9. The van der Waals surface area contributed by atoms with Gasteiger partial charge in [-0.15, -0.1) is 5.10 Å². The van der Waals surface area contributed by atoms with Gasteiger partial charge in [0.15, 0.2) is 5.17 Å². The predicted octanol–water partition coefficient (Wildman–Crippen LogP) is 6.30. The number of hydrogen-bond acceptors (Lipinski definition) is 5. The average molecular weight is 496 g/mol. The van der Waals surface area contributed by atoms with Crippen LogP contribution in [0, 0.1) is 16.7 Å².